The summed E-state index contributed by atoms with van der Waals surface area (Å²) in [6, 6.07) is 27.2. The molecule has 1 aromatic heterocycles. The lowest BCUT2D eigenvalue weighted by Crippen LogP contribution is -2.27. The predicted molar refractivity (Wildman–Crippen MR) is 141 cm³/mol. The maximum Gasteiger partial charge on any atom is 0.226 e. The third kappa shape index (κ3) is 7.00. The standard InChI is InChI=1S/C27H27N3O3S2/c1-35(32,33)24-14-12-22(13-15-24)29-27-30-23(19-34-27)18-26(31)28-17-16-25(20-8-4-2-5-9-20)21-10-6-3-7-11-21/h2-15,19,25H,16-18H2,1H3,(H,28,31)(H,29,30). The number of nitrogens with zero attached hydrogens (tertiary/aromatic N) is 1. The van der Waals surface area contributed by atoms with Crippen molar-refractivity contribution in [3.05, 3.63) is 107 Å². The molecule has 0 aliphatic heterocycles. The van der Waals surface area contributed by atoms with Crippen molar-refractivity contribution in [3.63, 3.8) is 0 Å². The lowest BCUT2D eigenvalue weighted by Gasteiger charge is -2.18. The summed E-state index contributed by atoms with van der Waals surface area (Å²) in [5.74, 6) is 0.140. The molecule has 35 heavy (non-hydrogen) atoms. The van der Waals surface area contributed by atoms with Crippen LogP contribution >= 0.6 is 11.3 Å². The van der Waals surface area contributed by atoms with Gasteiger partial charge in [0.05, 0.1) is 17.0 Å². The van der Waals surface area contributed by atoms with Crippen LogP contribution in [0.15, 0.2) is 95.2 Å². The Labute approximate surface area is 210 Å². The molecule has 6 nitrogen and oxygen atoms in total. The highest BCUT2D eigenvalue weighted by molar-refractivity contribution is 7.90. The highest BCUT2D eigenvalue weighted by atomic mass is 32.2. The largest absolute Gasteiger partial charge is 0.356 e. The molecule has 0 aliphatic carbocycles. The lowest BCUT2D eigenvalue weighted by atomic mass is 9.88. The second-order valence-electron chi connectivity index (χ2n) is 8.25. The normalized spacial score (nSPS) is 11.4. The average Bonchev–Trinajstić information content (AvgIpc) is 3.29. The molecule has 0 saturated carbocycles. The molecule has 0 fully saturated rings. The van der Waals surface area contributed by atoms with Crippen LogP contribution in [0.4, 0.5) is 10.8 Å². The Morgan fingerprint density at radius 1 is 0.914 bits per heavy atom. The second-order valence-corrected chi connectivity index (χ2v) is 11.1. The molecule has 0 unspecified atom stereocenters. The van der Waals surface area contributed by atoms with E-state index in [0.29, 0.717) is 17.4 Å². The zero-order chi connectivity index (χ0) is 24.7. The van der Waals surface area contributed by atoms with Gasteiger partial charge in [0, 0.05) is 29.8 Å². The Hall–Kier alpha value is -3.49. The minimum absolute atomic E-state index is 0.0702. The summed E-state index contributed by atoms with van der Waals surface area (Å²) < 4.78 is 23.2. The SMILES string of the molecule is CS(=O)(=O)c1ccc(Nc2nc(CC(=O)NCCC(c3ccccc3)c3ccccc3)cs2)cc1. The summed E-state index contributed by atoms with van der Waals surface area (Å²) in [6.07, 6.45) is 2.18. The van der Waals surface area contributed by atoms with E-state index in [1.165, 1.54) is 28.7 Å². The maximum atomic E-state index is 12.5. The monoisotopic (exact) mass is 505 g/mol. The van der Waals surface area contributed by atoms with Crippen LogP contribution in [-0.4, -0.2) is 32.1 Å². The third-order valence-corrected chi connectivity index (χ3v) is 7.52. The van der Waals surface area contributed by atoms with Crippen molar-refractivity contribution < 1.29 is 13.2 Å². The molecule has 0 radical (unpaired) electrons. The number of amides is 1. The van der Waals surface area contributed by atoms with Gasteiger partial charge in [0.2, 0.25) is 5.91 Å². The van der Waals surface area contributed by atoms with Gasteiger partial charge in [-0.2, -0.15) is 0 Å². The number of aromatic nitrogens is 1. The Bertz CT molecular complexity index is 1310. The number of anilines is 2. The predicted octanol–water partition coefficient (Wildman–Crippen LogP) is 5.17. The van der Waals surface area contributed by atoms with Crippen molar-refractivity contribution in [3.8, 4) is 0 Å². The van der Waals surface area contributed by atoms with E-state index in [2.05, 4.69) is 39.9 Å². The van der Waals surface area contributed by atoms with Gasteiger partial charge in [-0.05, 0) is 41.8 Å². The number of hydrogen-bond donors (Lipinski definition) is 2. The zero-order valence-electron chi connectivity index (χ0n) is 19.3. The van der Waals surface area contributed by atoms with E-state index in [1.807, 2.05) is 41.8 Å². The topological polar surface area (TPSA) is 88.2 Å². The maximum absolute atomic E-state index is 12.5. The van der Waals surface area contributed by atoms with E-state index in [-0.39, 0.29) is 23.1 Å². The van der Waals surface area contributed by atoms with E-state index >= 15 is 0 Å². The average molecular weight is 506 g/mol. The van der Waals surface area contributed by atoms with Gasteiger partial charge in [-0.15, -0.1) is 11.3 Å². The Morgan fingerprint density at radius 2 is 1.51 bits per heavy atom. The van der Waals surface area contributed by atoms with E-state index in [4.69, 9.17) is 0 Å². The second kappa shape index (κ2) is 11.3. The Morgan fingerprint density at radius 3 is 2.09 bits per heavy atom. The molecule has 0 atom stereocenters. The summed E-state index contributed by atoms with van der Waals surface area (Å²) >= 11 is 1.40. The molecule has 4 aromatic rings. The van der Waals surface area contributed by atoms with Gasteiger partial charge >= 0.3 is 0 Å². The van der Waals surface area contributed by atoms with Gasteiger partial charge < -0.3 is 10.6 Å². The first-order chi connectivity index (χ1) is 16.9. The molecule has 1 amide bonds. The molecule has 0 spiro atoms. The molecule has 4 rings (SSSR count). The van der Waals surface area contributed by atoms with E-state index < -0.39 is 9.84 Å². The smallest absolute Gasteiger partial charge is 0.226 e. The number of carbonyl (C=O) groups excluding carboxylic acids is 1. The van der Waals surface area contributed by atoms with Crippen LogP contribution in [0.1, 0.15) is 29.2 Å². The van der Waals surface area contributed by atoms with Crippen molar-refractivity contribution in [1.29, 1.82) is 0 Å². The molecular weight excluding hydrogens is 478 g/mol. The van der Waals surface area contributed by atoms with Crippen LogP contribution in [0.5, 0.6) is 0 Å². The van der Waals surface area contributed by atoms with Crippen LogP contribution < -0.4 is 10.6 Å². The van der Waals surface area contributed by atoms with E-state index in [0.717, 1.165) is 12.1 Å². The third-order valence-electron chi connectivity index (χ3n) is 5.59. The fourth-order valence-electron chi connectivity index (χ4n) is 3.83. The van der Waals surface area contributed by atoms with Crippen molar-refractivity contribution in [2.24, 2.45) is 0 Å². The summed E-state index contributed by atoms with van der Waals surface area (Å²) in [5.41, 5.74) is 3.88. The first-order valence-electron chi connectivity index (χ1n) is 11.3. The molecule has 0 bridgehead atoms. The summed E-state index contributed by atoms with van der Waals surface area (Å²) in [7, 11) is -3.23. The molecular formula is C27H27N3O3S2. The van der Waals surface area contributed by atoms with Gasteiger partial charge in [-0.1, -0.05) is 60.7 Å². The van der Waals surface area contributed by atoms with Gasteiger partial charge in [0.1, 0.15) is 0 Å². The number of sulfone groups is 1. The van der Waals surface area contributed by atoms with Crippen LogP contribution in [0, 0.1) is 0 Å². The zero-order valence-corrected chi connectivity index (χ0v) is 21.0. The van der Waals surface area contributed by atoms with Crippen molar-refractivity contribution in [1.82, 2.24) is 10.3 Å². The number of benzene rings is 3. The van der Waals surface area contributed by atoms with Gasteiger partial charge in [0.25, 0.3) is 0 Å². The van der Waals surface area contributed by atoms with E-state index in [1.54, 1.807) is 24.3 Å². The number of hydrogen-bond acceptors (Lipinski definition) is 6. The minimum Gasteiger partial charge on any atom is -0.356 e. The first-order valence-corrected chi connectivity index (χ1v) is 14.0. The fourth-order valence-corrected chi connectivity index (χ4v) is 5.19. The first kappa shape index (κ1) is 24.6. The van der Waals surface area contributed by atoms with Crippen LogP contribution in [0.25, 0.3) is 0 Å². The van der Waals surface area contributed by atoms with Crippen molar-refractivity contribution in [2.45, 2.75) is 23.7 Å². The Balaban J connectivity index is 1.30. The van der Waals surface area contributed by atoms with Crippen molar-refractivity contribution in [2.75, 3.05) is 18.1 Å². The van der Waals surface area contributed by atoms with Crippen molar-refractivity contribution >= 4 is 37.9 Å². The number of rotatable bonds is 10. The summed E-state index contributed by atoms with van der Waals surface area (Å²) in [5, 5.41) is 8.68. The molecule has 2 N–H and O–H groups in total. The molecule has 1 heterocycles. The highest BCUT2D eigenvalue weighted by Gasteiger charge is 2.15. The number of nitrogens with one attached hydrogen (secondary N) is 2. The van der Waals surface area contributed by atoms with Gasteiger partial charge in [-0.25, -0.2) is 13.4 Å². The van der Waals surface area contributed by atoms with Gasteiger partial charge in [-0.3, -0.25) is 4.79 Å². The number of carbonyl (C=O) groups is 1. The summed E-state index contributed by atoms with van der Waals surface area (Å²) in [4.78, 5) is 17.3. The lowest BCUT2D eigenvalue weighted by molar-refractivity contribution is -0.120. The van der Waals surface area contributed by atoms with E-state index in [9.17, 15) is 13.2 Å². The van der Waals surface area contributed by atoms with Gasteiger partial charge in [0.15, 0.2) is 15.0 Å². The minimum atomic E-state index is -3.23. The number of thiazole rings is 1. The highest BCUT2D eigenvalue weighted by Crippen LogP contribution is 2.27. The molecule has 3 aromatic carbocycles. The van der Waals surface area contributed by atoms with Crippen LogP contribution in [0.3, 0.4) is 0 Å². The molecule has 8 heteroatoms. The Kier molecular flexibility index (Phi) is 7.94. The summed E-state index contributed by atoms with van der Waals surface area (Å²) in [6.45, 7) is 0.565. The molecule has 180 valence electrons. The van der Waals surface area contributed by atoms with Crippen LogP contribution in [-0.2, 0) is 21.1 Å². The van der Waals surface area contributed by atoms with Crippen LogP contribution in [0.2, 0.25) is 0 Å². The molecule has 0 saturated heterocycles. The molecule has 0 aliphatic rings. The quantitative estimate of drug-likeness (QED) is 0.310. The fraction of sp³-hybridized carbons (Fsp3) is 0.185.